The lowest BCUT2D eigenvalue weighted by Crippen LogP contribution is -2.75. The van der Waals surface area contributed by atoms with Crippen molar-refractivity contribution in [2.24, 2.45) is 11.1 Å². The Morgan fingerprint density at radius 2 is 1.88 bits per heavy atom. The van der Waals surface area contributed by atoms with Gasteiger partial charge in [0.05, 0.1) is 6.10 Å². The Hall–Kier alpha value is -1.59. The molecule has 0 bridgehead atoms. The van der Waals surface area contributed by atoms with Crippen molar-refractivity contribution in [1.82, 2.24) is 4.90 Å². The van der Waals surface area contributed by atoms with E-state index in [-0.39, 0.29) is 17.4 Å². The zero-order valence-electron chi connectivity index (χ0n) is 15.6. The minimum Gasteiger partial charge on any atom is -0.378 e. The van der Waals surface area contributed by atoms with Crippen LogP contribution in [0.1, 0.15) is 27.2 Å². The number of rotatable bonds is 7. The molecule has 1 fully saturated rings. The van der Waals surface area contributed by atoms with Crippen molar-refractivity contribution in [3.8, 4) is 0 Å². The molecule has 5 nitrogen and oxygen atoms in total. The van der Waals surface area contributed by atoms with Crippen molar-refractivity contribution >= 4 is 11.6 Å². The smallest absolute Gasteiger partial charge is 0.243 e. The number of hydrogen-bond donors (Lipinski definition) is 1. The molecule has 0 aliphatic heterocycles. The van der Waals surface area contributed by atoms with Gasteiger partial charge in [0.2, 0.25) is 5.91 Å². The van der Waals surface area contributed by atoms with Gasteiger partial charge in [0.1, 0.15) is 5.54 Å². The number of amides is 1. The number of likely N-dealkylation sites (N-methyl/N-ethyl adjacent to an activating group) is 2. The van der Waals surface area contributed by atoms with Gasteiger partial charge in [0, 0.05) is 51.3 Å². The van der Waals surface area contributed by atoms with E-state index in [1.54, 1.807) is 4.90 Å². The highest BCUT2D eigenvalue weighted by Gasteiger charge is 2.63. The molecule has 1 aliphatic rings. The van der Waals surface area contributed by atoms with Crippen molar-refractivity contribution in [3.05, 3.63) is 30.3 Å². The maximum atomic E-state index is 12.9. The zero-order valence-corrected chi connectivity index (χ0v) is 15.6. The van der Waals surface area contributed by atoms with Crippen LogP contribution in [0, 0.1) is 5.41 Å². The summed E-state index contributed by atoms with van der Waals surface area (Å²) in [5, 5.41) is 0. The summed E-state index contributed by atoms with van der Waals surface area (Å²) in [7, 11) is 3.87. The number of carbonyl (C=O) groups is 1. The van der Waals surface area contributed by atoms with Crippen molar-refractivity contribution in [2.75, 3.05) is 38.7 Å². The van der Waals surface area contributed by atoms with E-state index in [0.717, 1.165) is 12.2 Å². The van der Waals surface area contributed by atoms with E-state index in [1.165, 1.54) is 0 Å². The summed E-state index contributed by atoms with van der Waals surface area (Å²) in [6.07, 6.45) is 0.641. The fourth-order valence-corrected chi connectivity index (χ4v) is 3.35. The first-order valence-corrected chi connectivity index (χ1v) is 8.66. The van der Waals surface area contributed by atoms with E-state index in [9.17, 15) is 4.79 Å². The molecule has 0 aromatic heterocycles. The van der Waals surface area contributed by atoms with Gasteiger partial charge in [-0.2, -0.15) is 0 Å². The average molecular weight is 333 g/mol. The van der Waals surface area contributed by atoms with Crippen LogP contribution in [-0.4, -0.2) is 56.2 Å². The summed E-state index contributed by atoms with van der Waals surface area (Å²) >= 11 is 0. The molecular formula is C19H31N3O2. The molecular weight excluding hydrogens is 302 g/mol. The molecule has 1 aliphatic carbocycles. The Morgan fingerprint density at radius 3 is 2.42 bits per heavy atom. The molecule has 2 N–H and O–H groups in total. The van der Waals surface area contributed by atoms with Crippen molar-refractivity contribution in [3.63, 3.8) is 0 Å². The number of para-hydroxylation sites is 1. The van der Waals surface area contributed by atoms with Crippen LogP contribution in [0.4, 0.5) is 5.69 Å². The van der Waals surface area contributed by atoms with Gasteiger partial charge in [-0.3, -0.25) is 4.79 Å². The number of nitrogens with zero attached hydrogens (tertiary/aromatic N) is 2. The van der Waals surface area contributed by atoms with E-state index < -0.39 is 5.54 Å². The quantitative estimate of drug-likeness (QED) is 0.830. The number of anilines is 1. The lowest BCUT2D eigenvalue weighted by molar-refractivity contribution is -0.178. The summed E-state index contributed by atoms with van der Waals surface area (Å²) in [4.78, 5) is 16.8. The molecule has 134 valence electrons. The van der Waals surface area contributed by atoms with E-state index >= 15 is 0 Å². The van der Waals surface area contributed by atoms with Crippen LogP contribution in [0.3, 0.4) is 0 Å². The van der Waals surface area contributed by atoms with Gasteiger partial charge < -0.3 is 20.3 Å². The fraction of sp³-hybridized carbons (Fsp3) is 0.632. The molecule has 0 spiro atoms. The summed E-state index contributed by atoms with van der Waals surface area (Å²) in [5.74, 6) is 0.00455. The topological polar surface area (TPSA) is 58.8 Å². The molecule has 1 aromatic rings. The Morgan fingerprint density at radius 1 is 1.25 bits per heavy atom. The van der Waals surface area contributed by atoms with E-state index in [4.69, 9.17) is 10.5 Å². The van der Waals surface area contributed by atoms with E-state index in [1.807, 2.05) is 53.1 Å². The highest BCUT2D eigenvalue weighted by atomic mass is 16.5. The van der Waals surface area contributed by atoms with Crippen LogP contribution in [0.5, 0.6) is 0 Å². The van der Waals surface area contributed by atoms with Crippen LogP contribution in [0.15, 0.2) is 30.3 Å². The number of carbonyl (C=O) groups excluding carboxylic acids is 1. The SMILES string of the molecule is CCOC1CC(N)(C(=O)N(C)CCN(C)c2ccccc2)C1(C)C. The maximum Gasteiger partial charge on any atom is 0.243 e. The van der Waals surface area contributed by atoms with Crippen LogP contribution in [0.2, 0.25) is 0 Å². The molecule has 1 saturated carbocycles. The van der Waals surface area contributed by atoms with Gasteiger partial charge in [-0.15, -0.1) is 0 Å². The van der Waals surface area contributed by atoms with Crippen molar-refractivity contribution in [2.45, 2.75) is 38.8 Å². The molecule has 0 heterocycles. The van der Waals surface area contributed by atoms with Gasteiger partial charge in [-0.25, -0.2) is 0 Å². The predicted molar refractivity (Wildman–Crippen MR) is 98.1 cm³/mol. The number of hydrogen-bond acceptors (Lipinski definition) is 4. The zero-order chi connectivity index (χ0) is 18.0. The summed E-state index contributed by atoms with van der Waals surface area (Å²) in [6, 6.07) is 10.2. The van der Waals surface area contributed by atoms with Gasteiger partial charge in [-0.05, 0) is 19.1 Å². The largest absolute Gasteiger partial charge is 0.378 e. The molecule has 5 heteroatoms. The normalized spacial score (nSPS) is 25.0. The standard InChI is InChI=1S/C19H31N3O2/c1-6-24-16-14-19(20,18(16,2)3)17(23)22(5)13-12-21(4)15-10-8-7-9-11-15/h7-11,16H,6,12-14,20H2,1-5H3. The van der Waals surface area contributed by atoms with Crippen molar-refractivity contribution in [1.29, 1.82) is 0 Å². The molecule has 2 atom stereocenters. The Balaban J connectivity index is 1.93. The lowest BCUT2D eigenvalue weighted by Gasteiger charge is -2.58. The molecule has 2 unspecified atom stereocenters. The fourth-order valence-electron chi connectivity index (χ4n) is 3.35. The van der Waals surface area contributed by atoms with Gasteiger partial charge in [0.25, 0.3) is 0 Å². The second kappa shape index (κ2) is 7.11. The Bertz CT molecular complexity index is 561. The molecule has 0 radical (unpaired) electrons. The second-order valence-corrected chi connectivity index (χ2v) is 7.32. The highest BCUT2D eigenvalue weighted by Crippen LogP contribution is 2.50. The summed E-state index contributed by atoms with van der Waals surface area (Å²) in [5.41, 5.74) is 6.43. The second-order valence-electron chi connectivity index (χ2n) is 7.32. The lowest BCUT2D eigenvalue weighted by atomic mass is 9.54. The number of nitrogens with two attached hydrogens (primary N) is 1. The highest BCUT2D eigenvalue weighted by molar-refractivity contribution is 5.88. The predicted octanol–water partition coefficient (Wildman–Crippen LogP) is 2.11. The van der Waals surface area contributed by atoms with Gasteiger partial charge >= 0.3 is 0 Å². The summed E-state index contributed by atoms with van der Waals surface area (Å²) < 4.78 is 5.72. The number of benzene rings is 1. The first kappa shape index (κ1) is 18.7. The Kier molecular flexibility index (Phi) is 5.56. The molecule has 1 aromatic carbocycles. The van der Waals surface area contributed by atoms with Crippen LogP contribution < -0.4 is 10.6 Å². The molecule has 2 rings (SSSR count). The minimum absolute atomic E-state index is 0.00455. The van der Waals surface area contributed by atoms with E-state index in [2.05, 4.69) is 17.0 Å². The van der Waals surface area contributed by atoms with Gasteiger partial charge in [-0.1, -0.05) is 32.0 Å². The average Bonchev–Trinajstić information content (AvgIpc) is 2.59. The van der Waals surface area contributed by atoms with Crippen molar-refractivity contribution < 1.29 is 9.53 Å². The Labute approximate surface area is 145 Å². The maximum absolute atomic E-state index is 12.9. The molecule has 1 amide bonds. The van der Waals surface area contributed by atoms with Crippen LogP contribution >= 0.6 is 0 Å². The van der Waals surface area contributed by atoms with Crippen LogP contribution in [-0.2, 0) is 9.53 Å². The number of ether oxygens (including phenoxy) is 1. The minimum atomic E-state index is -0.840. The van der Waals surface area contributed by atoms with Gasteiger partial charge in [0.15, 0.2) is 0 Å². The monoisotopic (exact) mass is 333 g/mol. The first-order chi connectivity index (χ1) is 11.2. The molecule has 0 saturated heterocycles. The summed E-state index contributed by atoms with van der Waals surface area (Å²) in [6.45, 7) is 8.07. The third kappa shape index (κ3) is 3.28. The molecule has 24 heavy (non-hydrogen) atoms. The third-order valence-electron chi connectivity index (χ3n) is 5.53. The van der Waals surface area contributed by atoms with E-state index in [0.29, 0.717) is 19.6 Å². The van der Waals surface area contributed by atoms with Crippen LogP contribution in [0.25, 0.3) is 0 Å². The first-order valence-electron chi connectivity index (χ1n) is 8.66. The third-order valence-corrected chi connectivity index (χ3v) is 5.53.